The lowest BCUT2D eigenvalue weighted by Crippen LogP contribution is -2.48. The first kappa shape index (κ1) is 24.4. The molecule has 2 atom stereocenters. The SMILES string of the molecule is CCC(NC(=O)C(C)N(c1cc(Cl)ccc1OC)S(C)(=O)=O)c1ccc2c(c1)CCCC2. The summed E-state index contributed by atoms with van der Waals surface area (Å²) in [7, 11) is -2.35. The van der Waals surface area contributed by atoms with Crippen molar-refractivity contribution in [2.24, 2.45) is 0 Å². The summed E-state index contributed by atoms with van der Waals surface area (Å²) < 4.78 is 31.8. The van der Waals surface area contributed by atoms with Gasteiger partial charge in [0.05, 0.1) is 25.1 Å². The number of nitrogens with zero attached hydrogens (tertiary/aromatic N) is 1. The lowest BCUT2D eigenvalue weighted by molar-refractivity contribution is -0.122. The lowest BCUT2D eigenvalue weighted by Gasteiger charge is -2.31. The maximum atomic E-state index is 13.2. The minimum absolute atomic E-state index is 0.208. The number of methoxy groups -OCH3 is 1. The van der Waals surface area contributed by atoms with Gasteiger partial charge < -0.3 is 10.1 Å². The number of hydrogen-bond donors (Lipinski definition) is 1. The number of benzene rings is 2. The molecule has 0 bridgehead atoms. The fraction of sp³-hybridized carbons (Fsp3) is 0.458. The molecular weight excluding hydrogens is 448 g/mol. The Labute approximate surface area is 196 Å². The van der Waals surface area contributed by atoms with Crippen LogP contribution in [-0.4, -0.2) is 33.7 Å². The van der Waals surface area contributed by atoms with Crippen LogP contribution in [0.5, 0.6) is 5.75 Å². The predicted octanol–water partition coefficient (Wildman–Crippen LogP) is 4.65. The average Bonchev–Trinajstić information content (AvgIpc) is 2.76. The average molecular weight is 479 g/mol. The maximum Gasteiger partial charge on any atom is 0.244 e. The normalized spacial score (nSPS) is 15.4. The minimum atomic E-state index is -3.80. The van der Waals surface area contributed by atoms with E-state index in [1.165, 1.54) is 37.1 Å². The van der Waals surface area contributed by atoms with Crippen LogP contribution in [0.1, 0.15) is 55.8 Å². The molecule has 2 aromatic carbocycles. The van der Waals surface area contributed by atoms with Gasteiger partial charge in [0.25, 0.3) is 0 Å². The topological polar surface area (TPSA) is 75.7 Å². The van der Waals surface area contributed by atoms with Crippen molar-refractivity contribution < 1.29 is 17.9 Å². The van der Waals surface area contributed by atoms with Gasteiger partial charge in [-0.2, -0.15) is 0 Å². The van der Waals surface area contributed by atoms with E-state index in [0.717, 1.165) is 29.0 Å². The second kappa shape index (κ2) is 10.1. The molecule has 2 aromatic rings. The van der Waals surface area contributed by atoms with Crippen molar-refractivity contribution >= 4 is 33.2 Å². The number of fused-ring (bicyclic) bond motifs is 1. The highest BCUT2D eigenvalue weighted by atomic mass is 35.5. The molecular formula is C24H31ClN2O4S. The van der Waals surface area contributed by atoms with E-state index in [1.54, 1.807) is 19.1 Å². The Morgan fingerprint density at radius 2 is 1.84 bits per heavy atom. The highest BCUT2D eigenvalue weighted by molar-refractivity contribution is 7.92. The summed E-state index contributed by atoms with van der Waals surface area (Å²) in [5.41, 5.74) is 3.99. The molecule has 0 fully saturated rings. The number of anilines is 1. The van der Waals surface area contributed by atoms with Gasteiger partial charge in [0.15, 0.2) is 0 Å². The van der Waals surface area contributed by atoms with Crippen LogP contribution in [0.3, 0.4) is 0 Å². The van der Waals surface area contributed by atoms with Crippen LogP contribution < -0.4 is 14.4 Å². The first-order valence-corrected chi connectivity index (χ1v) is 13.1. The molecule has 174 valence electrons. The third kappa shape index (κ3) is 5.38. The van der Waals surface area contributed by atoms with Gasteiger partial charge in [-0.25, -0.2) is 8.42 Å². The molecule has 2 unspecified atom stereocenters. The van der Waals surface area contributed by atoms with Crippen molar-refractivity contribution in [2.75, 3.05) is 17.7 Å². The van der Waals surface area contributed by atoms with E-state index < -0.39 is 16.1 Å². The summed E-state index contributed by atoms with van der Waals surface area (Å²) in [5.74, 6) is -0.0665. The monoisotopic (exact) mass is 478 g/mol. The van der Waals surface area contributed by atoms with Gasteiger partial charge in [-0.15, -0.1) is 0 Å². The van der Waals surface area contributed by atoms with E-state index in [-0.39, 0.29) is 17.6 Å². The van der Waals surface area contributed by atoms with Crippen molar-refractivity contribution in [2.45, 2.75) is 58.0 Å². The lowest BCUT2D eigenvalue weighted by atomic mass is 9.88. The standard InChI is InChI=1S/C24H31ClN2O4S/c1-5-21(19-11-10-17-8-6-7-9-18(17)14-19)26-24(28)16(2)27(32(4,29)30)22-15-20(25)12-13-23(22)31-3/h10-16,21H,5-9H2,1-4H3,(H,26,28). The van der Waals surface area contributed by atoms with Gasteiger partial charge in [-0.05, 0) is 73.9 Å². The zero-order valence-electron chi connectivity index (χ0n) is 19.0. The Morgan fingerprint density at radius 1 is 1.16 bits per heavy atom. The number of sulfonamides is 1. The van der Waals surface area contributed by atoms with Crippen LogP contribution >= 0.6 is 11.6 Å². The van der Waals surface area contributed by atoms with Gasteiger partial charge in [-0.1, -0.05) is 36.7 Å². The fourth-order valence-electron chi connectivity index (χ4n) is 4.30. The van der Waals surface area contributed by atoms with Crippen molar-refractivity contribution in [1.29, 1.82) is 0 Å². The Bertz CT molecular complexity index is 1090. The second-order valence-electron chi connectivity index (χ2n) is 8.26. The molecule has 8 heteroatoms. The fourth-order valence-corrected chi connectivity index (χ4v) is 5.64. The van der Waals surface area contributed by atoms with Gasteiger partial charge in [-0.3, -0.25) is 9.10 Å². The number of ether oxygens (including phenoxy) is 1. The van der Waals surface area contributed by atoms with E-state index >= 15 is 0 Å². The van der Waals surface area contributed by atoms with E-state index in [4.69, 9.17) is 16.3 Å². The number of carbonyl (C=O) groups is 1. The van der Waals surface area contributed by atoms with Crippen LogP contribution in [-0.2, 0) is 27.7 Å². The van der Waals surface area contributed by atoms with Crippen molar-refractivity contribution in [3.05, 3.63) is 58.1 Å². The molecule has 0 saturated heterocycles. The number of rotatable bonds is 8. The molecule has 6 nitrogen and oxygen atoms in total. The highest BCUT2D eigenvalue weighted by Gasteiger charge is 2.32. The first-order chi connectivity index (χ1) is 15.2. The molecule has 1 aliphatic rings. The molecule has 32 heavy (non-hydrogen) atoms. The van der Waals surface area contributed by atoms with Crippen LogP contribution in [0.2, 0.25) is 5.02 Å². The van der Waals surface area contributed by atoms with Crippen molar-refractivity contribution in [3.8, 4) is 5.75 Å². The smallest absolute Gasteiger partial charge is 0.244 e. The van der Waals surface area contributed by atoms with Crippen molar-refractivity contribution in [1.82, 2.24) is 5.32 Å². The summed E-state index contributed by atoms with van der Waals surface area (Å²) in [6.45, 7) is 3.57. The molecule has 0 heterocycles. The molecule has 0 aliphatic heterocycles. The summed E-state index contributed by atoms with van der Waals surface area (Å²) in [6, 6.07) is 9.89. The number of amides is 1. The third-order valence-corrected chi connectivity index (χ3v) is 7.43. The molecule has 0 spiro atoms. The molecule has 3 rings (SSSR count). The van der Waals surface area contributed by atoms with E-state index in [1.807, 2.05) is 6.92 Å². The largest absolute Gasteiger partial charge is 0.495 e. The highest BCUT2D eigenvalue weighted by Crippen LogP contribution is 2.34. The van der Waals surface area contributed by atoms with Gasteiger partial charge in [0.1, 0.15) is 11.8 Å². The number of aryl methyl sites for hydroxylation is 2. The van der Waals surface area contributed by atoms with E-state index in [2.05, 4.69) is 23.5 Å². The second-order valence-corrected chi connectivity index (χ2v) is 10.6. The maximum absolute atomic E-state index is 13.2. The number of nitrogens with one attached hydrogen (secondary N) is 1. The van der Waals surface area contributed by atoms with Crippen LogP contribution in [0.25, 0.3) is 0 Å². The Balaban J connectivity index is 1.88. The van der Waals surface area contributed by atoms with Gasteiger partial charge in [0, 0.05) is 5.02 Å². The molecule has 0 radical (unpaired) electrons. The molecule has 0 saturated carbocycles. The quantitative estimate of drug-likeness (QED) is 0.599. The third-order valence-electron chi connectivity index (χ3n) is 5.97. The predicted molar refractivity (Wildman–Crippen MR) is 129 cm³/mol. The Kier molecular flexibility index (Phi) is 7.72. The van der Waals surface area contributed by atoms with Gasteiger partial charge in [0.2, 0.25) is 15.9 Å². The Hall–Kier alpha value is -2.25. The number of halogens is 1. The number of hydrogen-bond acceptors (Lipinski definition) is 4. The molecule has 0 aromatic heterocycles. The zero-order valence-corrected chi connectivity index (χ0v) is 20.6. The summed E-state index contributed by atoms with van der Waals surface area (Å²) in [5, 5.41) is 3.39. The van der Waals surface area contributed by atoms with E-state index in [9.17, 15) is 13.2 Å². The van der Waals surface area contributed by atoms with Crippen LogP contribution in [0.15, 0.2) is 36.4 Å². The minimum Gasteiger partial charge on any atom is -0.495 e. The van der Waals surface area contributed by atoms with Crippen molar-refractivity contribution in [3.63, 3.8) is 0 Å². The first-order valence-electron chi connectivity index (χ1n) is 10.9. The summed E-state index contributed by atoms with van der Waals surface area (Å²) in [6.07, 6.45) is 6.31. The van der Waals surface area contributed by atoms with Crippen LogP contribution in [0.4, 0.5) is 5.69 Å². The summed E-state index contributed by atoms with van der Waals surface area (Å²) in [4.78, 5) is 13.2. The molecule has 1 amide bonds. The zero-order chi connectivity index (χ0) is 23.5. The number of carbonyl (C=O) groups excluding carboxylic acids is 1. The summed E-state index contributed by atoms with van der Waals surface area (Å²) >= 11 is 6.12. The molecule has 1 aliphatic carbocycles. The Morgan fingerprint density at radius 3 is 2.47 bits per heavy atom. The molecule has 1 N–H and O–H groups in total. The van der Waals surface area contributed by atoms with E-state index in [0.29, 0.717) is 17.2 Å². The van der Waals surface area contributed by atoms with Crippen LogP contribution in [0, 0.1) is 0 Å². The van der Waals surface area contributed by atoms with Gasteiger partial charge >= 0.3 is 0 Å².